The molecule has 1 fully saturated rings. The Morgan fingerprint density at radius 1 is 1.38 bits per heavy atom. The third-order valence-electron chi connectivity index (χ3n) is 3.12. The van der Waals surface area contributed by atoms with Gasteiger partial charge in [0.1, 0.15) is 6.61 Å². The van der Waals surface area contributed by atoms with Crippen LogP contribution in [0.1, 0.15) is 31.0 Å². The van der Waals surface area contributed by atoms with E-state index >= 15 is 0 Å². The standard InChI is InChI=1S/C13H17NO2/c1-9-6-4-5-7-10(9)11-13(2,3)8-16-12(15)14-11/h4-7,11H,8H2,1-3H3,(H,14,15)/t11-/m0/s1. The summed E-state index contributed by atoms with van der Waals surface area (Å²) < 4.78 is 5.03. The van der Waals surface area contributed by atoms with Gasteiger partial charge in [0.2, 0.25) is 0 Å². The van der Waals surface area contributed by atoms with Crippen molar-refractivity contribution in [2.45, 2.75) is 26.8 Å². The van der Waals surface area contributed by atoms with Crippen LogP contribution < -0.4 is 5.32 Å². The number of hydrogen-bond acceptors (Lipinski definition) is 2. The summed E-state index contributed by atoms with van der Waals surface area (Å²) in [5.74, 6) is 0. The van der Waals surface area contributed by atoms with Crippen molar-refractivity contribution in [3.05, 3.63) is 35.4 Å². The molecule has 0 unspecified atom stereocenters. The van der Waals surface area contributed by atoms with Gasteiger partial charge >= 0.3 is 6.09 Å². The van der Waals surface area contributed by atoms with Crippen molar-refractivity contribution in [2.24, 2.45) is 5.41 Å². The summed E-state index contributed by atoms with van der Waals surface area (Å²) in [5.41, 5.74) is 2.28. The number of ether oxygens (including phenoxy) is 1. The zero-order valence-corrected chi connectivity index (χ0v) is 9.91. The molecule has 16 heavy (non-hydrogen) atoms. The molecule has 0 radical (unpaired) electrons. The quantitative estimate of drug-likeness (QED) is 0.788. The zero-order chi connectivity index (χ0) is 11.8. The summed E-state index contributed by atoms with van der Waals surface area (Å²) >= 11 is 0. The maximum absolute atomic E-state index is 11.3. The number of rotatable bonds is 1. The third kappa shape index (κ3) is 1.90. The average Bonchev–Trinajstić information content (AvgIpc) is 2.23. The van der Waals surface area contributed by atoms with E-state index in [1.807, 2.05) is 12.1 Å². The minimum absolute atomic E-state index is 0.0231. The first kappa shape index (κ1) is 11.0. The third-order valence-corrected chi connectivity index (χ3v) is 3.12. The molecule has 1 heterocycles. The molecule has 0 aliphatic carbocycles. The van der Waals surface area contributed by atoms with Gasteiger partial charge in [-0.15, -0.1) is 0 Å². The lowest BCUT2D eigenvalue weighted by Gasteiger charge is -2.39. The van der Waals surface area contributed by atoms with E-state index in [4.69, 9.17) is 4.74 Å². The van der Waals surface area contributed by atoms with Crippen molar-refractivity contribution >= 4 is 6.09 Å². The van der Waals surface area contributed by atoms with E-state index in [1.165, 1.54) is 11.1 Å². The highest BCUT2D eigenvalue weighted by Gasteiger charge is 2.38. The molecule has 2 rings (SSSR count). The van der Waals surface area contributed by atoms with E-state index in [-0.39, 0.29) is 17.6 Å². The molecular formula is C13H17NO2. The van der Waals surface area contributed by atoms with E-state index in [0.717, 1.165) is 0 Å². The number of carbonyl (C=O) groups is 1. The fourth-order valence-electron chi connectivity index (χ4n) is 2.10. The highest BCUT2D eigenvalue weighted by atomic mass is 16.6. The van der Waals surface area contributed by atoms with Gasteiger partial charge < -0.3 is 10.1 Å². The van der Waals surface area contributed by atoms with Crippen molar-refractivity contribution in [3.8, 4) is 0 Å². The fraction of sp³-hybridized carbons (Fsp3) is 0.462. The molecule has 0 aromatic heterocycles. The van der Waals surface area contributed by atoms with Gasteiger partial charge in [-0.3, -0.25) is 0 Å². The molecular weight excluding hydrogens is 202 g/mol. The Bertz CT molecular complexity index is 412. The van der Waals surface area contributed by atoms with Gasteiger partial charge in [-0.25, -0.2) is 4.79 Å². The topological polar surface area (TPSA) is 38.3 Å². The number of amides is 1. The van der Waals surface area contributed by atoms with Crippen LogP contribution in [-0.2, 0) is 4.74 Å². The molecule has 1 aromatic carbocycles. The number of nitrogens with one attached hydrogen (secondary N) is 1. The van der Waals surface area contributed by atoms with Crippen LogP contribution in [0.5, 0.6) is 0 Å². The number of alkyl carbamates (subject to hydrolysis) is 1. The van der Waals surface area contributed by atoms with Crippen LogP contribution in [0.2, 0.25) is 0 Å². The molecule has 1 aromatic rings. The van der Waals surface area contributed by atoms with Crippen LogP contribution in [0.15, 0.2) is 24.3 Å². The molecule has 1 atom stereocenters. The summed E-state index contributed by atoms with van der Waals surface area (Å²) in [7, 11) is 0. The molecule has 86 valence electrons. The predicted molar refractivity (Wildman–Crippen MR) is 62.2 cm³/mol. The molecule has 1 amide bonds. The maximum Gasteiger partial charge on any atom is 0.407 e. The minimum atomic E-state index is -0.326. The van der Waals surface area contributed by atoms with Gasteiger partial charge in [-0.1, -0.05) is 38.1 Å². The first-order valence-corrected chi connectivity index (χ1v) is 5.49. The Morgan fingerprint density at radius 2 is 2.06 bits per heavy atom. The van der Waals surface area contributed by atoms with E-state index < -0.39 is 0 Å². The van der Waals surface area contributed by atoms with Crippen molar-refractivity contribution in [2.75, 3.05) is 6.61 Å². The van der Waals surface area contributed by atoms with Crippen LogP contribution in [0.25, 0.3) is 0 Å². The highest BCUT2D eigenvalue weighted by Crippen LogP contribution is 2.37. The van der Waals surface area contributed by atoms with E-state index in [1.54, 1.807) is 0 Å². The Hall–Kier alpha value is -1.51. The van der Waals surface area contributed by atoms with E-state index in [2.05, 4.69) is 38.2 Å². The van der Waals surface area contributed by atoms with Crippen LogP contribution in [-0.4, -0.2) is 12.7 Å². The monoisotopic (exact) mass is 219 g/mol. The van der Waals surface area contributed by atoms with Gasteiger partial charge in [-0.05, 0) is 18.1 Å². The lowest BCUT2D eigenvalue weighted by Crippen LogP contribution is -2.47. The van der Waals surface area contributed by atoms with Crippen molar-refractivity contribution in [1.82, 2.24) is 5.32 Å². The molecule has 1 aliphatic heterocycles. The van der Waals surface area contributed by atoms with Crippen molar-refractivity contribution < 1.29 is 9.53 Å². The molecule has 1 N–H and O–H groups in total. The Morgan fingerprint density at radius 3 is 2.75 bits per heavy atom. The van der Waals surface area contributed by atoms with Gasteiger partial charge in [-0.2, -0.15) is 0 Å². The van der Waals surface area contributed by atoms with Crippen LogP contribution in [0.4, 0.5) is 4.79 Å². The Labute approximate surface area is 95.8 Å². The molecule has 3 heteroatoms. The second-order valence-corrected chi connectivity index (χ2v) is 5.00. The first-order valence-electron chi connectivity index (χ1n) is 5.49. The molecule has 0 spiro atoms. The van der Waals surface area contributed by atoms with Gasteiger partial charge in [0.15, 0.2) is 0 Å². The normalized spacial score (nSPS) is 23.4. The smallest absolute Gasteiger partial charge is 0.407 e. The SMILES string of the molecule is Cc1ccccc1[C@@H]1NC(=O)OCC1(C)C. The summed E-state index contributed by atoms with van der Waals surface area (Å²) in [6.07, 6.45) is -0.326. The lowest BCUT2D eigenvalue weighted by molar-refractivity contribution is 0.0386. The maximum atomic E-state index is 11.3. The largest absolute Gasteiger partial charge is 0.449 e. The summed E-state index contributed by atoms with van der Waals surface area (Å²) in [5, 5.41) is 2.90. The Balaban J connectivity index is 2.38. The molecule has 3 nitrogen and oxygen atoms in total. The highest BCUT2D eigenvalue weighted by molar-refractivity contribution is 5.69. The molecule has 1 aliphatic rings. The lowest BCUT2D eigenvalue weighted by atomic mass is 9.79. The number of hydrogen-bond donors (Lipinski definition) is 1. The molecule has 0 bridgehead atoms. The predicted octanol–water partition coefficient (Wildman–Crippen LogP) is 2.80. The van der Waals surface area contributed by atoms with E-state index in [0.29, 0.717) is 6.61 Å². The number of benzene rings is 1. The van der Waals surface area contributed by atoms with E-state index in [9.17, 15) is 4.79 Å². The van der Waals surface area contributed by atoms with Crippen LogP contribution in [0, 0.1) is 12.3 Å². The summed E-state index contributed by atoms with van der Waals surface area (Å²) in [6.45, 7) is 6.72. The summed E-state index contributed by atoms with van der Waals surface area (Å²) in [4.78, 5) is 11.3. The van der Waals surface area contributed by atoms with Gasteiger partial charge in [0, 0.05) is 5.41 Å². The second-order valence-electron chi connectivity index (χ2n) is 5.00. The first-order chi connectivity index (χ1) is 7.50. The summed E-state index contributed by atoms with van der Waals surface area (Å²) in [6, 6.07) is 8.16. The minimum Gasteiger partial charge on any atom is -0.449 e. The molecule has 0 saturated carbocycles. The fourth-order valence-corrected chi connectivity index (χ4v) is 2.10. The second kappa shape index (κ2) is 3.81. The van der Waals surface area contributed by atoms with Gasteiger partial charge in [0.05, 0.1) is 6.04 Å². The Kier molecular flexibility index (Phi) is 2.62. The number of aryl methyl sites for hydroxylation is 1. The van der Waals surface area contributed by atoms with Crippen LogP contribution in [0.3, 0.4) is 0 Å². The van der Waals surface area contributed by atoms with Crippen LogP contribution >= 0.6 is 0 Å². The van der Waals surface area contributed by atoms with Crippen molar-refractivity contribution in [3.63, 3.8) is 0 Å². The average molecular weight is 219 g/mol. The number of cyclic esters (lactones) is 1. The molecule has 1 saturated heterocycles. The van der Waals surface area contributed by atoms with Gasteiger partial charge in [0.25, 0.3) is 0 Å². The van der Waals surface area contributed by atoms with Crippen molar-refractivity contribution in [1.29, 1.82) is 0 Å². The zero-order valence-electron chi connectivity index (χ0n) is 9.91. The number of carbonyl (C=O) groups excluding carboxylic acids is 1.